The Hall–Kier alpha value is -1.12. The lowest BCUT2D eigenvalue weighted by Crippen LogP contribution is -2.20. The van der Waals surface area contributed by atoms with Gasteiger partial charge in [0.15, 0.2) is 0 Å². The number of allylic oxidation sites excluding steroid dienone is 1. The average molecular weight is 195 g/mol. The van der Waals surface area contributed by atoms with Gasteiger partial charge < -0.3 is 4.90 Å². The van der Waals surface area contributed by atoms with E-state index in [0.717, 1.165) is 11.5 Å². The fourth-order valence-electron chi connectivity index (χ4n) is 0.751. The molecule has 0 bridgehead atoms. The monoisotopic (exact) mass is 195 g/mol. The summed E-state index contributed by atoms with van der Waals surface area (Å²) in [5.74, 6) is 0.967. The molecular formula is C11H21N3. The normalized spacial score (nSPS) is 14.1. The number of amidine groups is 1. The van der Waals surface area contributed by atoms with E-state index in [9.17, 15) is 0 Å². The van der Waals surface area contributed by atoms with Crippen LogP contribution in [0.2, 0.25) is 0 Å². The second-order valence-corrected chi connectivity index (χ2v) is 4.50. The van der Waals surface area contributed by atoms with E-state index < -0.39 is 0 Å². The van der Waals surface area contributed by atoms with Gasteiger partial charge in [0.05, 0.1) is 5.70 Å². The molecule has 0 aromatic heterocycles. The largest absolute Gasteiger partial charge is 0.366 e. The van der Waals surface area contributed by atoms with Crippen LogP contribution in [0.3, 0.4) is 0 Å². The van der Waals surface area contributed by atoms with Gasteiger partial charge in [-0.15, -0.1) is 0 Å². The fraction of sp³-hybridized carbons (Fsp3) is 0.636. The molecule has 14 heavy (non-hydrogen) atoms. The van der Waals surface area contributed by atoms with Gasteiger partial charge in [-0.05, 0) is 13.6 Å². The molecule has 0 heterocycles. The Morgan fingerprint density at radius 1 is 1.29 bits per heavy atom. The summed E-state index contributed by atoms with van der Waals surface area (Å²) in [5, 5.41) is 0. The molecule has 0 aliphatic rings. The molecule has 0 aromatic carbocycles. The topological polar surface area (TPSA) is 28.0 Å². The molecule has 0 saturated carbocycles. The van der Waals surface area contributed by atoms with Crippen molar-refractivity contribution >= 4 is 12.6 Å². The van der Waals surface area contributed by atoms with Gasteiger partial charge in [0, 0.05) is 25.7 Å². The van der Waals surface area contributed by atoms with Gasteiger partial charge in [0.2, 0.25) is 0 Å². The summed E-state index contributed by atoms with van der Waals surface area (Å²) in [5.41, 5.74) is 0.942. The second-order valence-electron chi connectivity index (χ2n) is 4.50. The van der Waals surface area contributed by atoms with Gasteiger partial charge in [-0.3, -0.25) is 4.99 Å². The molecule has 0 fully saturated rings. The molecule has 0 amide bonds. The zero-order valence-electron chi connectivity index (χ0n) is 10.1. The minimum atomic E-state index is -0.00153. The second kappa shape index (κ2) is 4.94. The Morgan fingerprint density at radius 3 is 2.07 bits per heavy atom. The molecule has 0 aliphatic carbocycles. The molecule has 0 radical (unpaired) electrons. The van der Waals surface area contributed by atoms with Crippen LogP contribution >= 0.6 is 0 Å². The van der Waals surface area contributed by atoms with Gasteiger partial charge in [0.1, 0.15) is 5.84 Å². The van der Waals surface area contributed by atoms with Gasteiger partial charge >= 0.3 is 0 Å². The highest BCUT2D eigenvalue weighted by molar-refractivity contribution is 5.80. The lowest BCUT2D eigenvalue weighted by atomic mass is 9.93. The zero-order chi connectivity index (χ0) is 11.4. The maximum atomic E-state index is 4.51. The number of rotatable bonds is 2. The lowest BCUT2D eigenvalue weighted by molar-refractivity contribution is 0.493. The van der Waals surface area contributed by atoms with Crippen molar-refractivity contribution in [1.82, 2.24) is 4.90 Å². The van der Waals surface area contributed by atoms with Crippen LogP contribution in [0.4, 0.5) is 0 Å². The highest BCUT2D eigenvalue weighted by atomic mass is 15.1. The van der Waals surface area contributed by atoms with E-state index in [1.165, 1.54) is 0 Å². The predicted octanol–water partition coefficient (Wildman–Crippen LogP) is 2.55. The first-order valence-corrected chi connectivity index (χ1v) is 4.68. The maximum absolute atomic E-state index is 4.51. The average Bonchev–Trinajstić information content (AvgIpc) is 2.01. The maximum Gasteiger partial charge on any atom is 0.101 e. The molecule has 0 aromatic rings. The third kappa shape index (κ3) is 4.21. The van der Waals surface area contributed by atoms with E-state index in [1.54, 1.807) is 6.20 Å². The Kier molecular flexibility index (Phi) is 4.54. The van der Waals surface area contributed by atoms with E-state index in [4.69, 9.17) is 0 Å². The van der Waals surface area contributed by atoms with E-state index >= 15 is 0 Å². The number of hydrogen-bond donors (Lipinski definition) is 0. The minimum Gasteiger partial charge on any atom is -0.366 e. The van der Waals surface area contributed by atoms with E-state index in [2.05, 4.69) is 37.5 Å². The number of aliphatic imine (C=N–C) groups is 2. The molecule has 3 nitrogen and oxygen atoms in total. The lowest BCUT2D eigenvalue weighted by Gasteiger charge is -2.21. The molecule has 80 valence electrons. The Morgan fingerprint density at radius 2 is 1.79 bits per heavy atom. The molecule has 0 spiro atoms. The first-order chi connectivity index (χ1) is 6.29. The van der Waals surface area contributed by atoms with Crippen LogP contribution < -0.4 is 0 Å². The summed E-state index contributed by atoms with van der Waals surface area (Å²) in [6.07, 6.45) is 1.72. The first kappa shape index (κ1) is 12.9. The van der Waals surface area contributed by atoms with Crippen molar-refractivity contribution in [2.75, 3.05) is 14.1 Å². The van der Waals surface area contributed by atoms with Crippen molar-refractivity contribution in [3.05, 3.63) is 11.9 Å². The molecule has 0 aliphatic heterocycles. The molecular weight excluding hydrogens is 174 g/mol. The predicted molar refractivity (Wildman–Crippen MR) is 63.9 cm³/mol. The molecule has 0 rings (SSSR count). The SMILES string of the molecule is C=N/C=C(\N=C(C)N(C)C)C(C)(C)C. The highest BCUT2D eigenvalue weighted by Gasteiger charge is 2.16. The van der Waals surface area contributed by atoms with E-state index in [0.29, 0.717) is 0 Å². The summed E-state index contributed by atoms with van der Waals surface area (Å²) in [7, 11) is 3.95. The van der Waals surface area contributed by atoms with E-state index in [1.807, 2.05) is 25.9 Å². The number of nitrogens with zero attached hydrogens (tertiary/aromatic N) is 3. The van der Waals surface area contributed by atoms with Gasteiger partial charge in [0.25, 0.3) is 0 Å². The summed E-state index contributed by atoms with van der Waals surface area (Å²) in [4.78, 5) is 10.3. The standard InChI is InChI=1S/C11H21N3/c1-9(14(6)7)13-10(8-12-5)11(2,3)4/h8H,5H2,1-4,6-7H3/b10-8-,13-9?. The van der Waals surface area contributed by atoms with Crippen LogP contribution in [0.1, 0.15) is 27.7 Å². The summed E-state index contributed by atoms with van der Waals surface area (Å²) in [6.45, 7) is 11.8. The van der Waals surface area contributed by atoms with Crippen LogP contribution in [0.15, 0.2) is 21.9 Å². The molecule has 0 saturated heterocycles. The Balaban J connectivity index is 4.99. The molecule has 0 atom stereocenters. The number of hydrogen-bond acceptors (Lipinski definition) is 2. The Bertz CT molecular complexity index is 254. The Labute approximate surface area is 87.2 Å². The third-order valence-corrected chi connectivity index (χ3v) is 1.91. The van der Waals surface area contributed by atoms with Crippen LogP contribution in [-0.4, -0.2) is 31.5 Å². The van der Waals surface area contributed by atoms with Crippen molar-refractivity contribution < 1.29 is 0 Å². The highest BCUT2D eigenvalue weighted by Crippen LogP contribution is 2.26. The van der Waals surface area contributed by atoms with Crippen LogP contribution in [0, 0.1) is 5.41 Å². The van der Waals surface area contributed by atoms with Gasteiger partial charge in [-0.1, -0.05) is 20.8 Å². The van der Waals surface area contributed by atoms with Crippen molar-refractivity contribution in [2.45, 2.75) is 27.7 Å². The van der Waals surface area contributed by atoms with Crippen LogP contribution in [0.5, 0.6) is 0 Å². The smallest absolute Gasteiger partial charge is 0.101 e. The van der Waals surface area contributed by atoms with Gasteiger partial charge in [-0.25, -0.2) is 4.99 Å². The quantitative estimate of drug-likeness (QED) is 0.491. The molecule has 3 heteroatoms. The summed E-state index contributed by atoms with van der Waals surface area (Å²) >= 11 is 0. The first-order valence-electron chi connectivity index (χ1n) is 4.68. The van der Waals surface area contributed by atoms with E-state index in [-0.39, 0.29) is 5.41 Å². The third-order valence-electron chi connectivity index (χ3n) is 1.91. The van der Waals surface area contributed by atoms with Crippen molar-refractivity contribution in [3.8, 4) is 0 Å². The van der Waals surface area contributed by atoms with Crippen LogP contribution in [0.25, 0.3) is 0 Å². The van der Waals surface area contributed by atoms with Crippen molar-refractivity contribution in [3.63, 3.8) is 0 Å². The van der Waals surface area contributed by atoms with Crippen molar-refractivity contribution in [2.24, 2.45) is 15.4 Å². The molecule has 0 N–H and O–H groups in total. The van der Waals surface area contributed by atoms with Gasteiger partial charge in [-0.2, -0.15) is 0 Å². The molecule has 0 unspecified atom stereocenters. The minimum absolute atomic E-state index is 0.00153. The fourth-order valence-corrected chi connectivity index (χ4v) is 0.751. The van der Waals surface area contributed by atoms with Crippen molar-refractivity contribution in [1.29, 1.82) is 0 Å². The summed E-state index contributed by atoms with van der Waals surface area (Å²) < 4.78 is 0. The van der Waals surface area contributed by atoms with Crippen LogP contribution in [-0.2, 0) is 0 Å². The zero-order valence-corrected chi connectivity index (χ0v) is 10.1. The summed E-state index contributed by atoms with van der Waals surface area (Å²) in [6, 6.07) is 0.